The van der Waals surface area contributed by atoms with Crippen molar-refractivity contribution in [1.29, 1.82) is 0 Å². The number of nitrogens with zero attached hydrogens (tertiary/aromatic N) is 3. The average Bonchev–Trinajstić information content (AvgIpc) is 3.23. The monoisotopic (exact) mass is 358 g/mol. The van der Waals surface area contributed by atoms with Gasteiger partial charge >= 0.3 is 0 Å². The highest BCUT2D eigenvalue weighted by Crippen LogP contribution is 2.28. The molecule has 0 aliphatic carbocycles. The maximum atomic E-state index is 13.4. The molecule has 136 valence electrons. The van der Waals surface area contributed by atoms with Crippen LogP contribution in [0.3, 0.4) is 0 Å². The van der Waals surface area contributed by atoms with Gasteiger partial charge < -0.3 is 0 Å². The minimum atomic E-state index is -0.824. The molecule has 2 aromatic heterocycles. The van der Waals surface area contributed by atoms with Crippen molar-refractivity contribution >= 4 is 5.65 Å². The van der Waals surface area contributed by atoms with Gasteiger partial charge in [0.15, 0.2) is 17.3 Å². The summed E-state index contributed by atoms with van der Waals surface area (Å²) in [4.78, 5) is 19.0. The highest BCUT2D eigenvalue weighted by molar-refractivity contribution is 5.42. The van der Waals surface area contributed by atoms with Crippen LogP contribution in [-0.2, 0) is 6.54 Å². The Morgan fingerprint density at radius 3 is 2.81 bits per heavy atom. The van der Waals surface area contributed by atoms with Gasteiger partial charge in [-0.3, -0.25) is 14.8 Å². The molecule has 0 saturated carbocycles. The highest BCUT2D eigenvalue weighted by atomic mass is 19.2. The first-order valence-electron chi connectivity index (χ1n) is 8.67. The number of aryl methyl sites for hydroxylation is 1. The second-order valence-corrected chi connectivity index (χ2v) is 7.00. The van der Waals surface area contributed by atoms with E-state index in [1.807, 2.05) is 13.0 Å². The van der Waals surface area contributed by atoms with E-state index >= 15 is 0 Å². The van der Waals surface area contributed by atoms with E-state index in [0.717, 1.165) is 36.5 Å². The first-order valence-corrected chi connectivity index (χ1v) is 8.67. The first kappa shape index (κ1) is 16.9. The van der Waals surface area contributed by atoms with Gasteiger partial charge in [0.25, 0.3) is 5.56 Å². The molecular weight excluding hydrogens is 338 g/mol. The van der Waals surface area contributed by atoms with E-state index in [-0.39, 0.29) is 11.5 Å². The fourth-order valence-electron chi connectivity index (χ4n) is 3.57. The van der Waals surface area contributed by atoms with Gasteiger partial charge in [-0.05, 0) is 44.5 Å². The normalized spacial score (nSPS) is 18.1. The molecule has 0 amide bonds. The summed E-state index contributed by atoms with van der Waals surface area (Å²) in [5, 5.41) is 3.18. The largest absolute Gasteiger partial charge is 0.298 e. The van der Waals surface area contributed by atoms with E-state index in [4.69, 9.17) is 0 Å². The van der Waals surface area contributed by atoms with Crippen molar-refractivity contribution in [2.45, 2.75) is 32.7 Å². The summed E-state index contributed by atoms with van der Waals surface area (Å²) in [6.07, 6.45) is 0.934. The molecule has 1 N–H and O–H groups in total. The Hall–Kier alpha value is -2.54. The summed E-state index contributed by atoms with van der Waals surface area (Å²) in [6, 6.07) is 5.96. The van der Waals surface area contributed by atoms with Crippen molar-refractivity contribution in [1.82, 2.24) is 19.5 Å². The molecule has 1 fully saturated rings. The maximum Gasteiger partial charge on any atom is 0.275 e. The molecule has 0 spiro atoms. The Kier molecular flexibility index (Phi) is 4.11. The van der Waals surface area contributed by atoms with Crippen LogP contribution < -0.4 is 5.56 Å². The number of hydrogen-bond donors (Lipinski definition) is 1. The van der Waals surface area contributed by atoms with E-state index in [1.54, 1.807) is 13.0 Å². The van der Waals surface area contributed by atoms with Crippen LogP contribution in [0.25, 0.3) is 5.65 Å². The summed E-state index contributed by atoms with van der Waals surface area (Å²) < 4.78 is 27.9. The molecule has 1 aromatic carbocycles. The Bertz CT molecular complexity index is 1040. The summed E-state index contributed by atoms with van der Waals surface area (Å²) in [7, 11) is 0. The SMILES string of the molecule is Cc1nc2cc([C@@H]3CCN(Cc4ccc(F)c(F)c4)C3)[nH]n2c(=O)c1C. The van der Waals surface area contributed by atoms with Crippen molar-refractivity contribution in [3.63, 3.8) is 0 Å². The molecule has 1 aliphatic heterocycles. The molecule has 3 aromatic rings. The van der Waals surface area contributed by atoms with Crippen LogP contribution in [0.5, 0.6) is 0 Å². The van der Waals surface area contributed by atoms with Gasteiger partial charge in [-0.15, -0.1) is 0 Å². The minimum Gasteiger partial charge on any atom is -0.298 e. The number of fused-ring (bicyclic) bond motifs is 1. The van der Waals surface area contributed by atoms with Gasteiger partial charge in [-0.2, -0.15) is 0 Å². The minimum absolute atomic E-state index is 0.0737. The Labute approximate surface area is 149 Å². The smallest absolute Gasteiger partial charge is 0.275 e. The van der Waals surface area contributed by atoms with Crippen molar-refractivity contribution in [3.8, 4) is 0 Å². The van der Waals surface area contributed by atoms with Gasteiger partial charge in [0.2, 0.25) is 0 Å². The van der Waals surface area contributed by atoms with Crippen molar-refractivity contribution < 1.29 is 8.78 Å². The van der Waals surface area contributed by atoms with Gasteiger partial charge in [-0.25, -0.2) is 18.3 Å². The number of aromatic amines is 1. The van der Waals surface area contributed by atoms with E-state index in [9.17, 15) is 13.6 Å². The van der Waals surface area contributed by atoms with Gasteiger partial charge in [0.1, 0.15) is 0 Å². The molecule has 5 nitrogen and oxygen atoms in total. The van der Waals surface area contributed by atoms with Gasteiger partial charge in [0, 0.05) is 42.0 Å². The Balaban J connectivity index is 1.53. The number of benzene rings is 1. The predicted molar refractivity (Wildman–Crippen MR) is 94.3 cm³/mol. The third-order valence-corrected chi connectivity index (χ3v) is 5.21. The lowest BCUT2D eigenvalue weighted by molar-refractivity contribution is 0.325. The number of likely N-dealkylation sites (tertiary alicyclic amines) is 1. The summed E-state index contributed by atoms with van der Waals surface area (Å²) >= 11 is 0. The summed E-state index contributed by atoms with van der Waals surface area (Å²) in [6.45, 7) is 5.83. The van der Waals surface area contributed by atoms with E-state index in [0.29, 0.717) is 17.8 Å². The van der Waals surface area contributed by atoms with Crippen molar-refractivity contribution in [2.24, 2.45) is 0 Å². The van der Waals surface area contributed by atoms with E-state index < -0.39 is 11.6 Å². The zero-order valence-corrected chi connectivity index (χ0v) is 14.7. The lowest BCUT2D eigenvalue weighted by Gasteiger charge is -2.15. The lowest BCUT2D eigenvalue weighted by atomic mass is 10.1. The molecule has 1 aliphatic rings. The number of halogens is 2. The molecular formula is C19H20F2N4O. The van der Waals surface area contributed by atoms with E-state index in [1.165, 1.54) is 16.6 Å². The average molecular weight is 358 g/mol. The van der Waals surface area contributed by atoms with Crippen LogP contribution in [0.2, 0.25) is 0 Å². The third-order valence-electron chi connectivity index (χ3n) is 5.21. The van der Waals surface area contributed by atoms with Crippen molar-refractivity contribution in [3.05, 3.63) is 68.8 Å². The fraction of sp³-hybridized carbons (Fsp3) is 0.368. The maximum absolute atomic E-state index is 13.4. The molecule has 1 saturated heterocycles. The molecule has 0 radical (unpaired) electrons. The number of aromatic nitrogens is 3. The zero-order valence-electron chi connectivity index (χ0n) is 14.7. The van der Waals surface area contributed by atoms with E-state index in [2.05, 4.69) is 15.0 Å². The van der Waals surface area contributed by atoms with Crippen LogP contribution in [0.1, 0.15) is 34.9 Å². The lowest BCUT2D eigenvalue weighted by Crippen LogP contribution is -2.20. The van der Waals surface area contributed by atoms with Crippen LogP contribution in [0.4, 0.5) is 8.78 Å². The predicted octanol–water partition coefficient (Wildman–Crippen LogP) is 2.91. The molecule has 4 rings (SSSR count). The first-order chi connectivity index (χ1) is 12.4. The number of nitrogens with one attached hydrogen (secondary N) is 1. The highest BCUT2D eigenvalue weighted by Gasteiger charge is 2.26. The van der Waals surface area contributed by atoms with Gasteiger partial charge in [0.05, 0.1) is 0 Å². The molecule has 26 heavy (non-hydrogen) atoms. The number of rotatable bonds is 3. The standard InChI is InChI=1S/C19H20F2N4O/c1-11-12(2)22-18-8-17(23-25(18)19(11)26)14-5-6-24(10-14)9-13-3-4-15(20)16(21)7-13/h3-4,7-8,14,23H,5-6,9-10H2,1-2H3/t14-/m1/s1. The molecule has 0 unspecified atom stereocenters. The van der Waals surface area contributed by atoms with Gasteiger partial charge in [-0.1, -0.05) is 6.07 Å². The van der Waals surface area contributed by atoms with Crippen LogP contribution in [0, 0.1) is 25.5 Å². The zero-order chi connectivity index (χ0) is 18.4. The van der Waals surface area contributed by atoms with Crippen LogP contribution >= 0.6 is 0 Å². The second kappa shape index (κ2) is 6.32. The molecule has 7 heteroatoms. The van der Waals surface area contributed by atoms with Crippen LogP contribution in [0.15, 0.2) is 29.1 Å². The Morgan fingerprint density at radius 2 is 2.04 bits per heavy atom. The quantitative estimate of drug-likeness (QED) is 0.783. The van der Waals surface area contributed by atoms with Crippen molar-refractivity contribution in [2.75, 3.05) is 13.1 Å². The number of hydrogen-bond acceptors (Lipinski definition) is 3. The Morgan fingerprint density at radius 1 is 1.23 bits per heavy atom. The summed E-state index contributed by atoms with van der Waals surface area (Å²) in [5.74, 6) is -1.39. The number of H-pyrrole nitrogens is 1. The fourth-order valence-corrected chi connectivity index (χ4v) is 3.57. The molecule has 0 bridgehead atoms. The molecule has 1 atom stereocenters. The van der Waals surface area contributed by atoms with Crippen LogP contribution in [-0.4, -0.2) is 32.6 Å². The topological polar surface area (TPSA) is 53.4 Å². The second-order valence-electron chi connectivity index (χ2n) is 7.00. The molecule has 3 heterocycles. The third kappa shape index (κ3) is 2.92. The summed E-state index contributed by atoms with van der Waals surface area (Å²) in [5.41, 5.74) is 3.68.